The summed E-state index contributed by atoms with van der Waals surface area (Å²) in [4.78, 5) is 22.1. The van der Waals surface area contributed by atoms with Crippen molar-refractivity contribution in [2.45, 2.75) is 19.8 Å². The standard InChI is InChI=1S/C21H31N5O2/c1-16-4-3-8-25(15-16)9-7-22-20(27)17-5-6-19-18(14-17)23-21(24(19)2)26-10-12-28-13-11-26/h5-6,14,16H,3-4,7-13,15H2,1-2H3,(H,22,27). The maximum Gasteiger partial charge on any atom is 0.251 e. The number of nitrogens with zero attached hydrogens (tertiary/aromatic N) is 4. The number of aromatic nitrogens is 2. The lowest BCUT2D eigenvalue weighted by Gasteiger charge is -2.30. The van der Waals surface area contributed by atoms with Crippen molar-refractivity contribution in [3.8, 4) is 0 Å². The third-order valence-corrected chi connectivity index (χ3v) is 5.87. The number of nitrogens with one attached hydrogen (secondary N) is 1. The van der Waals surface area contributed by atoms with Crippen LogP contribution in [0.3, 0.4) is 0 Å². The minimum Gasteiger partial charge on any atom is -0.378 e. The fraction of sp³-hybridized carbons (Fsp3) is 0.619. The van der Waals surface area contributed by atoms with Gasteiger partial charge in [-0.05, 0) is 43.5 Å². The van der Waals surface area contributed by atoms with E-state index in [2.05, 4.69) is 26.6 Å². The van der Waals surface area contributed by atoms with E-state index in [4.69, 9.17) is 9.72 Å². The zero-order chi connectivity index (χ0) is 19.5. The lowest BCUT2D eigenvalue weighted by molar-refractivity contribution is 0.0944. The first-order valence-corrected chi connectivity index (χ1v) is 10.4. The summed E-state index contributed by atoms with van der Waals surface area (Å²) in [7, 11) is 2.03. The summed E-state index contributed by atoms with van der Waals surface area (Å²) in [6.07, 6.45) is 2.58. The van der Waals surface area contributed by atoms with Crippen LogP contribution < -0.4 is 10.2 Å². The summed E-state index contributed by atoms with van der Waals surface area (Å²) >= 11 is 0. The Labute approximate surface area is 166 Å². The molecule has 7 heteroatoms. The molecule has 2 saturated heterocycles. The number of hydrogen-bond acceptors (Lipinski definition) is 5. The number of piperidine rings is 1. The van der Waals surface area contributed by atoms with Gasteiger partial charge >= 0.3 is 0 Å². The first-order chi connectivity index (χ1) is 13.6. The fourth-order valence-corrected chi connectivity index (χ4v) is 4.29. The van der Waals surface area contributed by atoms with Gasteiger partial charge in [0.05, 0.1) is 24.2 Å². The molecule has 1 aromatic carbocycles. The highest BCUT2D eigenvalue weighted by Crippen LogP contribution is 2.23. The summed E-state index contributed by atoms with van der Waals surface area (Å²) in [6, 6.07) is 5.79. The van der Waals surface area contributed by atoms with Crippen LogP contribution in [0.1, 0.15) is 30.1 Å². The molecule has 2 aromatic rings. The van der Waals surface area contributed by atoms with Gasteiger partial charge in [-0.2, -0.15) is 0 Å². The molecule has 0 saturated carbocycles. The summed E-state index contributed by atoms with van der Waals surface area (Å²) in [6.45, 7) is 9.34. The lowest BCUT2D eigenvalue weighted by Crippen LogP contribution is -2.40. The predicted octanol–water partition coefficient (Wildman–Crippen LogP) is 1.87. The summed E-state index contributed by atoms with van der Waals surface area (Å²) in [5.74, 6) is 1.68. The Morgan fingerprint density at radius 2 is 2.11 bits per heavy atom. The lowest BCUT2D eigenvalue weighted by atomic mass is 10.0. The summed E-state index contributed by atoms with van der Waals surface area (Å²) in [5, 5.41) is 3.07. The largest absolute Gasteiger partial charge is 0.378 e. The molecule has 2 aliphatic heterocycles. The van der Waals surface area contributed by atoms with E-state index in [1.807, 2.05) is 25.2 Å². The van der Waals surface area contributed by atoms with E-state index < -0.39 is 0 Å². The Bertz CT molecular complexity index is 828. The van der Waals surface area contributed by atoms with Crippen molar-refractivity contribution in [1.82, 2.24) is 19.8 Å². The SMILES string of the molecule is CC1CCCN(CCNC(=O)c2ccc3c(c2)nc(N2CCOCC2)n3C)C1. The summed E-state index contributed by atoms with van der Waals surface area (Å²) < 4.78 is 7.53. The molecule has 1 aromatic heterocycles. The molecule has 3 heterocycles. The number of anilines is 1. The van der Waals surface area contributed by atoms with Crippen LogP contribution in [0.5, 0.6) is 0 Å². The molecule has 4 rings (SSSR count). The molecule has 0 bridgehead atoms. The van der Waals surface area contributed by atoms with Crippen LogP contribution in [0, 0.1) is 5.92 Å². The van der Waals surface area contributed by atoms with Gasteiger partial charge in [-0.25, -0.2) is 4.98 Å². The van der Waals surface area contributed by atoms with Crippen LogP contribution in [-0.2, 0) is 11.8 Å². The summed E-state index contributed by atoms with van der Waals surface area (Å²) in [5.41, 5.74) is 2.58. The fourth-order valence-electron chi connectivity index (χ4n) is 4.29. The monoisotopic (exact) mass is 385 g/mol. The van der Waals surface area contributed by atoms with Gasteiger partial charge in [0.25, 0.3) is 5.91 Å². The molecule has 0 radical (unpaired) electrons. The Morgan fingerprint density at radius 3 is 2.89 bits per heavy atom. The zero-order valence-corrected chi connectivity index (χ0v) is 17.0. The van der Waals surface area contributed by atoms with E-state index in [0.717, 1.165) is 68.8 Å². The second-order valence-electron chi connectivity index (χ2n) is 8.08. The first-order valence-electron chi connectivity index (χ1n) is 10.4. The van der Waals surface area contributed by atoms with Gasteiger partial charge in [-0.15, -0.1) is 0 Å². The van der Waals surface area contributed by atoms with Gasteiger partial charge < -0.3 is 24.4 Å². The number of aryl methyl sites for hydroxylation is 1. The van der Waals surface area contributed by atoms with Gasteiger partial charge in [0.15, 0.2) is 0 Å². The maximum atomic E-state index is 12.6. The molecule has 1 unspecified atom stereocenters. The molecule has 2 fully saturated rings. The van der Waals surface area contributed by atoms with Crippen molar-refractivity contribution in [2.24, 2.45) is 13.0 Å². The number of ether oxygens (including phenoxy) is 1. The van der Waals surface area contributed by atoms with Crippen molar-refractivity contribution in [3.63, 3.8) is 0 Å². The van der Waals surface area contributed by atoms with E-state index in [0.29, 0.717) is 12.1 Å². The van der Waals surface area contributed by atoms with Gasteiger partial charge in [0, 0.05) is 45.3 Å². The topological polar surface area (TPSA) is 62.6 Å². The third-order valence-electron chi connectivity index (χ3n) is 5.87. The molecule has 0 spiro atoms. The Hall–Kier alpha value is -2.12. The van der Waals surface area contributed by atoms with Gasteiger partial charge in [0.1, 0.15) is 0 Å². The van der Waals surface area contributed by atoms with Gasteiger partial charge in [0.2, 0.25) is 5.95 Å². The quantitative estimate of drug-likeness (QED) is 0.851. The molecule has 0 aliphatic carbocycles. The maximum absolute atomic E-state index is 12.6. The van der Waals surface area contributed by atoms with Crippen LogP contribution >= 0.6 is 0 Å². The van der Waals surface area contributed by atoms with Crippen molar-refractivity contribution in [3.05, 3.63) is 23.8 Å². The Kier molecular flexibility index (Phi) is 5.82. The van der Waals surface area contributed by atoms with E-state index >= 15 is 0 Å². The molecular formula is C21H31N5O2. The van der Waals surface area contributed by atoms with Crippen molar-refractivity contribution >= 4 is 22.9 Å². The zero-order valence-electron chi connectivity index (χ0n) is 17.0. The smallest absolute Gasteiger partial charge is 0.251 e. The van der Waals surface area contributed by atoms with Crippen molar-refractivity contribution in [2.75, 3.05) is 57.4 Å². The normalized spacial score (nSPS) is 21.2. The number of hydrogen-bond donors (Lipinski definition) is 1. The third kappa shape index (κ3) is 4.15. The highest BCUT2D eigenvalue weighted by Gasteiger charge is 2.19. The molecule has 1 atom stereocenters. The number of carbonyl (C=O) groups excluding carboxylic acids is 1. The number of fused-ring (bicyclic) bond motifs is 1. The number of likely N-dealkylation sites (tertiary alicyclic amines) is 1. The number of amides is 1. The highest BCUT2D eigenvalue weighted by atomic mass is 16.5. The highest BCUT2D eigenvalue weighted by molar-refractivity contribution is 5.97. The second-order valence-corrected chi connectivity index (χ2v) is 8.08. The number of morpholine rings is 1. The molecule has 7 nitrogen and oxygen atoms in total. The number of imidazole rings is 1. The van der Waals surface area contributed by atoms with Crippen molar-refractivity contribution < 1.29 is 9.53 Å². The number of benzene rings is 1. The molecule has 2 aliphatic rings. The molecule has 1 N–H and O–H groups in total. The van der Waals surface area contributed by atoms with Crippen LogP contribution in [0.4, 0.5) is 5.95 Å². The second kappa shape index (κ2) is 8.49. The van der Waals surface area contributed by atoms with Crippen LogP contribution in [0.25, 0.3) is 11.0 Å². The van der Waals surface area contributed by atoms with Crippen LogP contribution in [0.2, 0.25) is 0 Å². The number of carbonyl (C=O) groups is 1. The molecular weight excluding hydrogens is 354 g/mol. The first kappa shape index (κ1) is 19.2. The van der Waals surface area contributed by atoms with E-state index in [-0.39, 0.29) is 5.91 Å². The number of rotatable bonds is 5. The average molecular weight is 386 g/mol. The predicted molar refractivity (Wildman–Crippen MR) is 111 cm³/mol. The average Bonchev–Trinajstić information content (AvgIpc) is 3.05. The molecule has 1 amide bonds. The van der Waals surface area contributed by atoms with Crippen LogP contribution in [0.15, 0.2) is 18.2 Å². The van der Waals surface area contributed by atoms with E-state index in [9.17, 15) is 4.79 Å². The van der Waals surface area contributed by atoms with E-state index in [1.165, 1.54) is 12.8 Å². The molecule has 28 heavy (non-hydrogen) atoms. The van der Waals surface area contributed by atoms with Gasteiger partial charge in [-0.1, -0.05) is 6.92 Å². The van der Waals surface area contributed by atoms with Crippen molar-refractivity contribution in [1.29, 1.82) is 0 Å². The van der Waals surface area contributed by atoms with Crippen LogP contribution in [-0.4, -0.2) is 72.8 Å². The Morgan fingerprint density at radius 1 is 1.29 bits per heavy atom. The van der Waals surface area contributed by atoms with Gasteiger partial charge in [-0.3, -0.25) is 4.79 Å². The Balaban J connectivity index is 1.40. The molecule has 152 valence electrons. The minimum absolute atomic E-state index is 0.0227. The minimum atomic E-state index is -0.0227. The van der Waals surface area contributed by atoms with E-state index in [1.54, 1.807) is 0 Å².